The lowest BCUT2D eigenvalue weighted by Crippen LogP contribution is -2.47. The third-order valence-electron chi connectivity index (χ3n) is 6.28. The van der Waals surface area contributed by atoms with Gasteiger partial charge in [-0.1, -0.05) is 54.6 Å². The number of likely N-dealkylation sites (N-methyl/N-ethyl adjacent to an activating group) is 1. The minimum absolute atomic E-state index is 0.116. The molecule has 4 rings (SSSR count). The third-order valence-corrected chi connectivity index (χ3v) is 6.28. The standard InChI is InChI=1S/C28H32N4O3/c1-31-14-16-32(17-15-31)19-25(22-9-3-2-4-10-22)30-28(34)23-11-7-8-21(18-23)20-35-26-13-6-5-12-24(26)27(29)33/h2-13,18,25H,14-17,19-20H2,1H3,(H2,29,33)(H,30,34). The van der Waals surface area contributed by atoms with Crippen molar-refractivity contribution in [2.75, 3.05) is 39.8 Å². The second-order valence-corrected chi connectivity index (χ2v) is 8.89. The molecule has 1 unspecified atom stereocenters. The van der Waals surface area contributed by atoms with Gasteiger partial charge >= 0.3 is 0 Å². The Morgan fingerprint density at radius 3 is 2.40 bits per heavy atom. The lowest BCUT2D eigenvalue weighted by molar-refractivity contribution is 0.0906. The molecule has 0 bridgehead atoms. The zero-order valence-corrected chi connectivity index (χ0v) is 20.0. The second kappa shape index (κ2) is 11.6. The van der Waals surface area contributed by atoms with Crippen molar-refractivity contribution in [3.05, 3.63) is 101 Å². The third kappa shape index (κ3) is 6.68. The molecule has 7 nitrogen and oxygen atoms in total. The minimum atomic E-state index is -0.541. The van der Waals surface area contributed by atoms with Gasteiger partial charge in [0.05, 0.1) is 11.6 Å². The van der Waals surface area contributed by atoms with Gasteiger partial charge in [-0.2, -0.15) is 0 Å². The Kier molecular flexibility index (Phi) is 8.13. The van der Waals surface area contributed by atoms with Crippen molar-refractivity contribution >= 4 is 11.8 Å². The number of benzene rings is 3. The highest BCUT2D eigenvalue weighted by Gasteiger charge is 2.22. The zero-order chi connectivity index (χ0) is 24.6. The van der Waals surface area contributed by atoms with E-state index in [1.165, 1.54) is 0 Å². The maximum atomic E-state index is 13.3. The predicted molar refractivity (Wildman–Crippen MR) is 136 cm³/mol. The molecule has 1 heterocycles. The highest BCUT2D eigenvalue weighted by Crippen LogP contribution is 2.20. The lowest BCUT2D eigenvalue weighted by Gasteiger charge is -2.35. The average molecular weight is 473 g/mol. The van der Waals surface area contributed by atoms with E-state index in [0.717, 1.165) is 43.9 Å². The molecule has 0 spiro atoms. The maximum Gasteiger partial charge on any atom is 0.252 e. The molecule has 0 radical (unpaired) electrons. The summed E-state index contributed by atoms with van der Waals surface area (Å²) in [6.07, 6.45) is 0. The fourth-order valence-corrected chi connectivity index (χ4v) is 4.21. The van der Waals surface area contributed by atoms with Gasteiger partial charge in [0.1, 0.15) is 12.4 Å². The van der Waals surface area contributed by atoms with Crippen molar-refractivity contribution < 1.29 is 14.3 Å². The first-order valence-electron chi connectivity index (χ1n) is 11.9. The van der Waals surface area contributed by atoms with E-state index in [9.17, 15) is 9.59 Å². The van der Waals surface area contributed by atoms with E-state index in [2.05, 4.69) is 34.3 Å². The van der Waals surface area contributed by atoms with Gasteiger partial charge in [0, 0.05) is 38.3 Å². The zero-order valence-electron chi connectivity index (χ0n) is 20.0. The van der Waals surface area contributed by atoms with Crippen LogP contribution in [-0.2, 0) is 6.61 Å². The molecule has 182 valence electrons. The summed E-state index contributed by atoms with van der Waals surface area (Å²) < 4.78 is 5.84. The van der Waals surface area contributed by atoms with Crippen LogP contribution in [0.25, 0.3) is 0 Å². The number of carbonyl (C=O) groups excluding carboxylic acids is 2. The molecule has 1 aliphatic heterocycles. The van der Waals surface area contributed by atoms with Crippen molar-refractivity contribution in [3.63, 3.8) is 0 Å². The number of hydrogen-bond donors (Lipinski definition) is 2. The van der Waals surface area contributed by atoms with E-state index in [-0.39, 0.29) is 18.6 Å². The molecule has 35 heavy (non-hydrogen) atoms. The van der Waals surface area contributed by atoms with Crippen molar-refractivity contribution in [1.82, 2.24) is 15.1 Å². The van der Waals surface area contributed by atoms with Crippen LogP contribution in [0.4, 0.5) is 0 Å². The Labute approximate surface area is 206 Å². The molecule has 3 N–H and O–H groups in total. The smallest absolute Gasteiger partial charge is 0.252 e. The Hall–Kier alpha value is -3.68. The van der Waals surface area contributed by atoms with Crippen molar-refractivity contribution in [3.8, 4) is 5.75 Å². The lowest BCUT2D eigenvalue weighted by atomic mass is 10.0. The molecule has 1 fully saturated rings. The van der Waals surface area contributed by atoms with Gasteiger partial charge in [-0.3, -0.25) is 14.5 Å². The molecule has 0 aliphatic carbocycles. The number of amides is 2. The van der Waals surface area contributed by atoms with Gasteiger partial charge in [0.25, 0.3) is 11.8 Å². The van der Waals surface area contributed by atoms with Crippen molar-refractivity contribution in [2.24, 2.45) is 5.73 Å². The predicted octanol–water partition coefficient (Wildman–Crippen LogP) is 3.08. The van der Waals surface area contributed by atoms with Crippen LogP contribution >= 0.6 is 0 Å². The second-order valence-electron chi connectivity index (χ2n) is 8.89. The summed E-state index contributed by atoms with van der Waals surface area (Å²) in [5.74, 6) is -0.250. The van der Waals surface area contributed by atoms with Gasteiger partial charge in [-0.25, -0.2) is 0 Å². The number of hydrogen-bond acceptors (Lipinski definition) is 5. The van der Waals surface area contributed by atoms with E-state index in [4.69, 9.17) is 10.5 Å². The Bertz CT molecular complexity index is 1140. The van der Waals surface area contributed by atoms with Gasteiger partial charge in [-0.15, -0.1) is 0 Å². The summed E-state index contributed by atoms with van der Waals surface area (Å²) in [6, 6.07) is 24.2. The highest BCUT2D eigenvalue weighted by atomic mass is 16.5. The molecular weight excluding hydrogens is 440 g/mol. The quantitative estimate of drug-likeness (QED) is 0.500. The monoisotopic (exact) mass is 472 g/mol. The van der Waals surface area contributed by atoms with Crippen LogP contribution in [0.5, 0.6) is 5.75 Å². The number of para-hydroxylation sites is 1. The normalized spacial score (nSPS) is 15.3. The number of nitrogens with one attached hydrogen (secondary N) is 1. The van der Waals surface area contributed by atoms with Crippen LogP contribution in [0.3, 0.4) is 0 Å². The molecule has 3 aromatic carbocycles. The van der Waals surface area contributed by atoms with Gasteiger partial charge in [0.15, 0.2) is 0 Å². The van der Waals surface area contributed by atoms with E-state index in [1.807, 2.05) is 36.4 Å². The molecule has 2 amide bonds. The van der Waals surface area contributed by atoms with Crippen molar-refractivity contribution in [2.45, 2.75) is 12.6 Å². The Morgan fingerprint density at radius 2 is 1.66 bits per heavy atom. The van der Waals surface area contributed by atoms with E-state index in [1.54, 1.807) is 30.3 Å². The van der Waals surface area contributed by atoms with E-state index >= 15 is 0 Å². The van der Waals surface area contributed by atoms with Crippen LogP contribution in [0.1, 0.15) is 37.9 Å². The van der Waals surface area contributed by atoms with Gasteiger partial charge in [0.2, 0.25) is 0 Å². The number of piperazine rings is 1. The van der Waals surface area contributed by atoms with Crippen LogP contribution in [-0.4, -0.2) is 61.4 Å². The first-order valence-corrected chi connectivity index (χ1v) is 11.9. The molecule has 7 heteroatoms. The van der Waals surface area contributed by atoms with Crippen LogP contribution in [0.2, 0.25) is 0 Å². The fourth-order valence-electron chi connectivity index (χ4n) is 4.21. The maximum absolute atomic E-state index is 13.3. The topological polar surface area (TPSA) is 87.9 Å². The number of nitrogens with zero attached hydrogens (tertiary/aromatic N) is 2. The molecule has 3 aromatic rings. The highest BCUT2D eigenvalue weighted by molar-refractivity contribution is 5.95. The summed E-state index contributed by atoms with van der Waals surface area (Å²) >= 11 is 0. The number of nitrogens with two attached hydrogens (primary N) is 1. The van der Waals surface area contributed by atoms with E-state index < -0.39 is 5.91 Å². The summed E-state index contributed by atoms with van der Waals surface area (Å²) in [6.45, 7) is 4.99. The van der Waals surface area contributed by atoms with Gasteiger partial charge < -0.3 is 20.7 Å². The number of primary amides is 1. The minimum Gasteiger partial charge on any atom is -0.488 e. The van der Waals surface area contributed by atoms with Crippen molar-refractivity contribution in [1.29, 1.82) is 0 Å². The molecule has 1 atom stereocenters. The largest absolute Gasteiger partial charge is 0.488 e. The SMILES string of the molecule is CN1CCN(CC(NC(=O)c2cccc(COc3ccccc3C(N)=O)c2)c2ccccc2)CC1. The Balaban J connectivity index is 1.44. The number of ether oxygens (including phenoxy) is 1. The van der Waals surface area contributed by atoms with Gasteiger partial charge in [-0.05, 0) is 42.4 Å². The van der Waals surface area contributed by atoms with E-state index in [0.29, 0.717) is 16.9 Å². The number of carbonyl (C=O) groups is 2. The first-order chi connectivity index (χ1) is 17.0. The number of rotatable bonds is 9. The molecular formula is C28H32N4O3. The average Bonchev–Trinajstić information content (AvgIpc) is 2.89. The van der Waals surface area contributed by atoms with Crippen LogP contribution < -0.4 is 15.8 Å². The molecule has 1 saturated heterocycles. The molecule has 1 aliphatic rings. The fraction of sp³-hybridized carbons (Fsp3) is 0.286. The summed E-state index contributed by atoms with van der Waals surface area (Å²) in [7, 11) is 2.14. The molecule has 0 saturated carbocycles. The summed E-state index contributed by atoms with van der Waals surface area (Å²) in [4.78, 5) is 29.6. The van der Waals surface area contributed by atoms with Crippen LogP contribution in [0, 0.1) is 0 Å². The summed E-state index contributed by atoms with van der Waals surface area (Å²) in [5.41, 5.74) is 8.24. The Morgan fingerprint density at radius 1 is 0.943 bits per heavy atom. The summed E-state index contributed by atoms with van der Waals surface area (Å²) in [5, 5.41) is 3.24. The van der Waals surface area contributed by atoms with Crippen LogP contribution in [0.15, 0.2) is 78.9 Å². The molecule has 0 aromatic heterocycles. The first kappa shape index (κ1) is 24.4.